The maximum atomic E-state index is 10.8. The van der Waals surface area contributed by atoms with Crippen molar-refractivity contribution in [3.8, 4) is 0 Å². The number of hydrogen-bond donors (Lipinski definition) is 1. The van der Waals surface area contributed by atoms with Crippen LogP contribution in [0.4, 0.5) is 0 Å². The molecule has 0 radical (unpaired) electrons. The first-order valence-corrected chi connectivity index (χ1v) is 7.70. The minimum atomic E-state index is -0.581. The van der Waals surface area contributed by atoms with Crippen molar-refractivity contribution in [1.82, 2.24) is 0 Å². The minimum absolute atomic E-state index is 0.487. The highest BCUT2D eigenvalue weighted by Crippen LogP contribution is 2.37. The lowest BCUT2D eigenvalue weighted by Gasteiger charge is -2.40. The van der Waals surface area contributed by atoms with Crippen LogP contribution in [0.3, 0.4) is 0 Å². The van der Waals surface area contributed by atoms with E-state index in [1.807, 2.05) is 19.1 Å². The Labute approximate surface area is 121 Å². The molecule has 20 heavy (non-hydrogen) atoms. The molecule has 1 saturated heterocycles. The van der Waals surface area contributed by atoms with Gasteiger partial charge in [0.25, 0.3) is 0 Å². The van der Waals surface area contributed by atoms with Crippen molar-refractivity contribution >= 4 is 0 Å². The van der Waals surface area contributed by atoms with Gasteiger partial charge in [-0.2, -0.15) is 0 Å². The highest BCUT2D eigenvalue weighted by Gasteiger charge is 2.41. The molecule has 1 fully saturated rings. The Morgan fingerprint density at radius 3 is 2.40 bits per heavy atom. The van der Waals surface area contributed by atoms with Crippen LogP contribution in [-0.4, -0.2) is 30.5 Å². The maximum Gasteiger partial charge on any atom is 0.108 e. The van der Waals surface area contributed by atoms with E-state index in [0.717, 1.165) is 31.2 Å². The molecule has 0 saturated carbocycles. The zero-order valence-electron chi connectivity index (χ0n) is 12.6. The lowest BCUT2D eigenvalue weighted by atomic mass is 9.84. The fraction of sp³-hybridized carbons (Fsp3) is 0.647. The number of benzene rings is 1. The van der Waals surface area contributed by atoms with Gasteiger partial charge in [-0.1, -0.05) is 37.6 Å². The third-order valence-electron chi connectivity index (χ3n) is 4.10. The second kappa shape index (κ2) is 7.21. The molecule has 1 aromatic carbocycles. The summed E-state index contributed by atoms with van der Waals surface area (Å²) in [6.07, 6.45) is 3.14. The maximum absolute atomic E-state index is 10.8. The fourth-order valence-corrected chi connectivity index (χ4v) is 2.96. The molecule has 1 unspecified atom stereocenters. The lowest BCUT2D eigenvalue weighted by molar-refractivity contribution is -0.168. The van der Waals surface area contributed by atoms with Gasteiger partial charge in [-0.15, -0.1) is 0 Å². The van der Waals surface area contributed by atoms with Crippen molar-refractivity contribution in [3.63, 3.8) is 0 Å². The predicted molar refractivity (Wildman–Crippen MR) is 79.8 cm³/mol. The normalized spacial score (nSPS) is 19.8. The first-order valence-electron chi connectivity index (χ1n) is 7.70. The number of aliphatic hydroxyl groups is 1. The van der Waals surface area contributed by atoms with Crippen molar-refractivity contribution in [1.29, 1.82) is 0 Å². The van der Waals surface area contributed by atoms with Gasteiger partial charge in [0.05, 0.1) is 0 Å². The molecule has 1 atom stereocenters. The summed E-state index contributed by atoms with van der Waals surface area (Å²) >= 11 is 0. The van der Waals surface area contributed by atoms with E-state index in [4.69, 9.17) is 9.47 Å². The molecule has 0 amide bonds. The van der Waals surface area contributed by atoms with Gasteiger partial charge in [0.2, 0.25) is 0 Å². The molecule has 1 aromatic rings. The van der Waals surface area contributed by atoms with Crippen LogP contribution in [0.2, 0.25) is 0 Å². The number of hydrogen-bond acceptors (Lipinski definition) is 3. The van der Waals surface area contributed by atoms with Crippen LogP contribution < -0.4 is 0 Å². The largest absolute Gasteiger partial charge is 0.385 e. The van der Waals surface area contributed by atoms with Crippen LogP contribution in [0.5, 0.6) is 0 Å². The second-order valence-corrected chi connectivity index (χ2v) is 5.50. The minimum Gasteiger partial charge on any atom is -0.385 e. The molecule has 1 heterocycles. The topological polar surface area (TPSA) is 38.7 Å². The Kier molecular flexibility index (Phi) is 5.58. The van der Waals surface area contributed by atoms with Crippen LogP contribution in [0.15, 0.2) is 24.3 Å². The molecular weight excluding hydrogens is 252 g/mol. The van der Waals surface area contributed by atoms with E-state index in [9.17, 15) is 5.11 Å². The Balaban J connectivity index is 2.15. The molecule has 1 aliphatic rings. The number of rotatable bonds is 6. The van der Waals surface area contributed by atoms with Gasteiger partial charge in [0.1, 0.15) is 11.7 Å². The highest BCUT2D eigenvalue weighted by molar-refractivity contribution is 5.26. The number of aryl methyl sites for hydroxylation is 1. The Morgan fingerprint density at radius 2 is 1.85 bits per heavy atom. The molecule has 1 aliphatic heterocycles. The molecule has 0 spiro atoms. The molecule has 2 rings (SSSR count). The van der Waals surface area contributed by atoms with Crippen molar-refractivity contribution in [3.05, 3.63) is 35.4 Å². The molecule has 3 heteroatoms. The quantitative estimate of drug-likeness (QED) is 0.868. The zero-order valence-corrected chi connectivity index (χ0v) is 12.6. The Hall–Kier alpha value is -0.900. The van der Waals surface area contributed by atoms with Crippen LogP contribution >= 0.6 is 0 Å². The van der Waals surface area contributed by atoms with E-state index in [1.165, 1.54) is 5.56 Å². The van der Waals surface area contributed by atoms with Gasteiger partial charge in [-0.05, 0) is 24.5 Å². The molecule has 0 aromatic heterocycles. The SMILES string of the molecule is CCCc1ccc(C(O)C2(OCC)CCOCC2)cc1. The first-order chi connectivity index (χ1) is 9.72. The number of aliphatic hydroxyl groups excluding tert-OH is 1. The summed E-state index contributed by atoms with van der Waals surface area (Å²) < 4.78 is 11.4. The summed E-state index contributed by atoms with van der Waals surface area (Å²) in [5, 5.41) is 10.8. The summed E-state index contributed by atoms with van der Waals surface area (Å²) in [6, 6.07) is 8.29. The first kappa shape index (κ1) is 15.5. The number of ether oxygens (including phenoxy) is 2. The van der Waals surface area contributed by atoms with Crippen molar-refractivity contribution in [2.24, 2.45) is 0 Å². The third kappa shape index (κ3) is 3.40. The van der Waals surface area contributed by atoms with Crippen LogP contribution in [-0.2, 0) is 15.9 Å². The van der Waals surface area contributed by atoms with Gasteiger partial charge in [-0.3, -0.25) is 0 Å². The zero-order chi connectivity index (χ0) is 14.4. The van der Waals surface area contributed by atoms with Gasteiger partial charge >= 0.3 is 0 Å². The molecule has 1 N–H and O–H groups in total. The van der Waals surface area contributed by atoms with Gasteiger partial charge < -0.3 is 14.6 Å². The molecule has 0 bridgehead atoms. The van der Waals surface area contributed by atoms with Gasteiger partial charge in [-0.25, -0.2) is 0 Å². The Bertz CT molecular complexity index is 388. The van der Waals surface area contributed by atoms with Gasteiger partial charge in [0.15, 0.2) is 0 Å². The standard InChI is InChI=1S/C17H26O3/c1-3-5-14-6-8-15(9-7-14)16(18)17(20-4-2)10-12-19-13-11-17/h6-9,16,18H,3-5,10-13H2,1-2H3. The summed E-state index contributed by atoms with van der Waals surface area (Å²) in [6.45, 7) is 6.09. The van der Waals surface area contributed by atoms with E-state index < -0.39 is 11.7 Å². The van der Waals surface area contributed by atoms with Gasteiger partial charge in [0, 0.05) is 32.7 Å². The molecule has 0 aliphatic carbocycles. The molecular formula is C17H26O3. The highest BCUT2D eigenvalue weighted by atomic mass is 16.5. The van der Waals surface area contributed by atoms with Crippen molar-refractivity contribution < 1.29 is 14.6 Å². The summed E-state index contributed by atoms with van der Waals surface area (Å²) in [7, 11) is 0. The van der Waals surface area contributed by atoms with Crippen molar-refractivity contribution in [2.45, 2.75) is 51.2 Å². The lowest BCUT2D eigenvalue weighted by Crippen LogP contribution is -2.44. The van der Waals surface area contributed by atoms with Crippen LogP contribution in [0, 0.1) is 0 Å². The molecule has 112 valence electrons. The van der Waals surface area contributed by atoms with E-state index in [1.54, 1.807) is 0 Å². The monoisotopic (exact) mass is 278 g/mol. The fourth-order valence-electron chi connectivity index (χ4n) is 2.96. The predicted octanol–water partition coefficient (Wildman–Crippen LogP) is 3.26. The third-order valence-corrected chi connectivity index (χ3v) is 4.10. The van der Waals surface area contributed by atoms with E-state index in [2.05, 4.69) is 19.1 Å². The van der Waals surface area contributed by atoms with E-state index >= 15 is 0 Å². The van der Waals surface area contributed by atoms with Crippen LogP contribution in [0.25, 0.3) is 0 Å². The average molecular weight is 278 g/mol. The Morgan fingerprint density at radius 1 is 1.20 bits per heavy atom. The van der Waals surface area contributed by atoms with Crippen LogP contribution in [0.1, 0.15) is 50.3 Å². The molecule has 3 nitrogen and oxygen atoms in total. The average Bonchev–Trinajstić information content (AvgIpc) is 2.49. The summed E-state index contributed by atoms with van der Waals surface area (Å²) in [5.41, 5.74) is 1.78. The van der Waals surface area contributed by atoms with Crippen molar-refractivity contribution in [2.75, 3.05) is 19.8 Å². The van der Waals surface area contributed by atoms with E-state index in [0.29, 0.717) is 19.8 Å². The summed E-state index contributed by atoms with van der Waals surface area (Å²) in [4.78, 5) is 0. The van der Waals surface area contributed by atoms with E-state index in [-0.39, 0.29) is 0 Å². The second-order valence-electron chi connectivity index (χ2n) is 5.50. The smallest absolute Gasteiger partial charge is 0.108 e. The summed E-state index contributed by atoms with van der Waals surface area (Å²) in [5.74, 6) is 0.